The summed E-state index contributed by atoms with van der Waals surface area (Å²) in [5.74, 6) is 0. The predicted molar refractivity (Wildman–Crippen MR) is 82.1 cm³/mol. The summed E-state index contributed by atoms with van der Waals surface area (Å²) in [6.45, 7) is 2.92. The van der Waals surface area contributed by atoms with E-state index in [1.807, 2.05) is 18.2 Å². The molecule has 0 aromatic heterocycles. The zero-order chi connectivity index (χ0) is 15.6. The van der Waals surface area contributed by atoms with Crippen LogP contribution in [0.4, 0.5) is 5.69 Å². The highest BCUT2D eigenvalue weighted by molar-refractivity contribution is 5.34. The van der Waals surface area contributed by atoms with Crippen molar-refractivity contribution >= 4 is 5.69 Å². The normalized spacial score (nSPS) is 24.3. The number of quaternary nitrogens is 1. The van der Waals surface area contributed by atoms with Crippen LogP contribution in [0.1, 0.15) is 30.6 Å². The Kier molecular flexibility index (Phi) is 3.92. The molecule has 1 fully saturated rings. The molecule has 0 amide bonds. The largest absolute Gasteiger partial charge is 0.312 e. The van der Waals surface area contributed by atoms with Gasteiger partial charge in [0.1, 0.15) is 12.6 Å². The van der Waals surface area contributed by atoms with E-state index in [1.54, 1.807) is 12.1 Å². The smallest absolute Gasteiger partial charge is 0.269 e. The summed E-state index contributed by atoms with van der Waals surface area (Å²) < 4.78 is 6.35. The molecule has 2 unspecified atom stereocenters. The Morgan fingerprint density at radius 1 is 1.23 bits per heavy atom. The molecule has 2 N–H and O–H groups in total. The Bertz CT molecular complexity index is 657. The number of rotatable bonds is 4. The Hall–Kier alpha value is -2.24. The molecule has 114 valence electrons. The average Bonchev–Trinajstić information content (AvgIpc) is 3.02. The van der Waals surface area contributed by atoms with E-state index in [2.05, 4.69) is 24.4 Å². The molecule has 5 nitrogen and oxygen atoms in total. The second-order valence-corrected chi connectivity index (χ2v) is 5.50. The first-order valence-electron chi connectivity index (χ1n) is 7.47. The minimum atomic E-state index is -0.383. The van der Waals surface area contributed by atoms with E-state index in [0.29, 0.717) is 0 Å². The summed E-state index contributed by atoms with van der Waals surface area (Å²) in [5.41, 5.74) is 1.87. The maximum atomic E-state index is 10.7. The van der Waals surface area contributed by atoms with Gasteiger partial charge in [-0.3, -0.25) is 10.1 Å². The standard InChI is InChI=1S/C17H18N2O3/c1-2-17(14-6-4-3-5-7-14)18-12-16(22-17)13-8-10-15(11-9-13)19(20)21/h3-11,16,18H,2,12H2,1H3/p+1. The van der Waals surface area contributed by atoms with Gasteiger partial charge in [-0.2, -0.15) is 0 Å². The van der Waals surface area contributed by atoms with E-state index in [1.165, 1.54) is 12.1 Å². The molecule has 1 saturated heterocycles. The van der Waals surface area contributed by atoms with Crippen molar-refractivity contribution in [2.24, 2.45) is 0 Å². The van der Waals surface area contributed by atoms with Gasteiger partial charge in [-0.05, 0) is 17.7 Å². The van der Waals surface area contributed by atoms with Crippen molar-refractivity contribution in [3.05, 3.63) is 75.8 Å². The Morgan fingerprint density at radius 3 is 2.50 bits per heavy atom. The van der Waals surface area contributed by atoms with Gasteiger partial charge in [0.25, 0.3) is 5.69 Å². The summed E-state index contributed by atoms with van der Waals surface area (Å²) >= 11 is 0. The third-order valence-corrected chi connectivity index (χ3v) is 4.28. The van der Waals surface area contributed by atoms with Gasteiger partial charge in [-0.1, -0.05) is 37.3 Å². The van der Waals surface area contributed by atoms with Gasteiger partial charge in [-0.15, -0.1) is 0 Å². The number of nitro benzene ring substituents is 1. The third-order valence-electron chi connectivity index (χ3n) is 4.28. The van der Waals surface area contributed by atoms with Crippen LogP contribution in [0.3, 0.4) is 0 Å². The molecule has 1 heterocycles. The van der Waals surface area contributed by atoms with Gasteiger partial charge in [0, 0.05) is 24.1 Å². The SMILES string of the molecule is CCC1(c2ccccc2)[NH2+]CC(c2ccc([N+](=O)[O-])cc2)O1. The fourth-order valence-corrected chi connectivity index (χ4v) is 3.00. The minimum absolute atomic E-state index is 0.0547. The van der Waals surface area contributed by atoms with E-state index >= 15 is 0 Å². The first-order valence-corrected chi connectivity index (χ1v) is 7.47. The molecule has 2 aromatic rings. The molecule has 0 bridgehead atoms. The summed E-state index contributed by atoms with van der Waals surface area (Å²) in [6.07, 6.45) is 0.807. The number of nitrogens with two attached hydrogens (primary N) is 1. The molecular weight excluding hydrogens is 280 g/mol. The lowest BCUT2D eigenvalue weighted by Gasteiger charge is -2.24. The Labute approximate surface area is 129 Å². The number of ether oxygens (including phenoxy) is 1. The fourth-order valence-electron chi connectivity index (χ4n) is 3.00. The van der Waals surface area contributed by atoms with Crippen LogP contribution in [0.25, 0.3) is 0 Å². The molecule has 2 aromatic carbocycles. The van der Waals surface area contributed by atoms with E-state index in [-0.39, 0.29) is 22.4 Å². The monoisotopic (exact) mass is 299 g/mol. The van der Waals surface area contributed by atoms with Crippen molar-refractivity contribution in [1.82, 2.24) is 0 Å². The van der Waals surface area contributed by atoms with E-state index in [9.17, 15) is 10.1 Å². The highest BCUT2D eigenvalue weighted by Gasteiger charge is 2.44. The highest BCUT2D eigenvalue weighted by Crippen LogP contribution is 2.33. The summed E-state index contributed by atoms with van der Waals surface area (Å²) in [6, 6.07) is 16.8. The van der Waals surface area contributed by atoms with Crippen LogP contribution < -0.4 is 5.32 Å². The molecule has 5 heteroatoms. The third kappa shape index (κ3) is 2.61. The molecule has 0 aliphatic carbocycles. The maximum absolute atomic E-state index is 10.7. The number of benzene rings is 2. The molecule has 1 aliphatic rings. The van der Waals surface area contributed by atoms with Gasteiger partial charge < -0.3 is 10.1 Å². The van der Waals surface area contributed by atoms with Crippen molar-refractivity contribution in [2.45, 2.75) is 25.2 Å². The zero-order valence-electron chi connectivity index (χ0n) is 12.4. The highest BCUT2D eigenvalue weighted by atomic mass is 16.6. The van der Waals surface area contributed by atoms with Crippen LogP contribution in [0.2, 0.25) is 0 Å². The van der Waals surface area contributed by atoms with Gasteiger partial charge in [0.15, 0.2) is 0 Å². The lowest BCUT2D eigenvalue weighted by atomic mass is 10.0. The molecule has 22 heavy (non-hydrogen) atoms. The van der Waals surface area contributed by atoms with Gasteiger partial charge >= 0.3 is 0 Å². The van der Waals surface area contributed by atoms with Crippen LogP contribution in [-0.2, 0) is 10.5 Å². The molecular formula is C17H19N2O3+. The number of nitrogens with zero attached hydrogens (tertiary/aromatic N) is 1. The number of non-ortho nitro benzene ring substituents is 1. The van der Waals surface area contributed by atoms with E-state index in [4.69, 9.17) is 4.74 Å². The molecule has 2 atom stereocenters. The summed E-state index contributed by atoms with van der Waals surface area (Å²) in [5, 5.41) is 13.0. The second kappa shape index (κ2) is 5.87. The first-order chi connectivity index (χ1) is 10.6. The van der Waals surface area contributed by atoms with Crippen molar-refractivity contribution in [2.75, 3.05) is 6.54 Å². The Morgan fingerprint density at radius 2 is 1.91 bits per heavy atom. The van der Waals surface area contributed by atoms with Crippen molar-refractivity contribution < 1.29 is 15.0 Å². The Balaban J connectivity index is 1.83. The number of nitro groups is 1. The van der Waals surface area contributed by atoms with Crippen LogP contribution in [-0.4, -0.2) is 11.5 Å². The molecule has 0 spiro atoms. The number of hydrogen-bond donors (Lipinski definition) is 1. The maximum Gasteiger partial charge on any atom is 0.269 e. The molecule has 0 radical (unpaired) electrons. The van der Waals surface area contributed by atoms with Crippen molar-refractivity contribution in [3.63, 3.8) is 0 Å². The zero-order valence-corrected chi connectivity index (χ0v) is 12.4. The van der Waals surface area contributed by atoms with E-state index in [0.717, 1.165) is 24.1 Å². The molecule has 1 aliphatic heterocycles. The van der Waals surface area contributed by atoms with Gasteiger partial charge in [0.05, 0.1) is 4.92 Å². The van der Waals surface area contributed by atoms with Gasteiger partial charge in [0.2, 0.25) is 5.72 Å². The predicted octanol–water partition coefficient (Wildman–Crippen LogP) is 2.49. The summed E-state index contributed by atoms with van der Waals surface area (Å²) in [7, 11) is 0. The van der Waals surface area contributed by atoms with Crippen LogP contribution >= 0.6 is 0 Å². The van der Waals surface area contributed by atoms with Crippen LogP contribution in [0.15, 0.2) is 54.6 Å². The summed E-state index contributed by atoms with van der Waals surface area (Å²) in [4.78, 5) is 10.4. The van der Waals surface area contributed by atoms with Crippen LogP contribution in [0.5, 0.6) is 0 Å². The minimum Gasteiger partial charge on any atom is -0.312 e. The average molecular weight is 299 g/mol. The topological polar surface area (TPSA) is 69.0 Å². The van der Waals surface area contributed by atoms with Gasteiger partial charge in [-0.25, -0.2) is 0 Å². The second-order valence-electron chi connectivity index (χ2n) is 5.50. The van der Waals surface area contributed by atoms with Crippen molar-refractivity contribution in [1.29, 1.82) is 0 Å². The lowest BCUT2D eigenvalue weighted by Crippen LogP contribution is -2.92. The fraction of sp³-hybridized carbons (Fsp3) is 0.294. The number of hydrogen-bond acceptors (Lipinski definition) is 3. The molecule has 3 rings (SSSR count). The quantitative estimate of drug-likeness (QED) is 0.696. The first kappa shape index (κ1) is 14.7. The molecule has 0 saturated carbocycles. The van der Waals surface area contributed by atoms with E-state index < -0.39 is 0 Å². The van der Waals surface area contributed by atoms with Crippen molar-refractivity contribution in [3.8, 4) is 0 Å². The lowest BCUT2D eigenvalue weighted by molar-refractivity contribution is -0.745. The van der Waals surface area contributed by atoms with Crippen LogP contribution in [0, 0.1) is 10.1 Å².